The first-order valence-corrected chi connectivity index (χ1v) is 9.77. The van der Waals surface area contributed by atoms with E-state index in [1.54, 1.807) is 10.7 Å². The van der Waals surface area contributed by atoms with Gasteiger partial charge >= 0.3 is 0 Å². The Balaban J connectivity index is 1.60. The minimum absolute atomic E-state index is 0.0134. The Labute approximate surface area is 148 Å². The topological polar surface area (TPSA) is 100 Å². The van der Waals surface area contributed by atoms with Gasteiger partial charge in [0.15, 0.2) is 27.2 Å². The third kappa shape index (κ3) is 3.45. The zero-order valence-corrected chi connectivity index (χ0v) is 14.4. The van der Waals surface area contributed by atoms with Crippen molar-refractivity contribution in [2.75, 3.05) is 11.5 Å². The number of halogens is 1. The lowest BCUT2D eigenvalue weighted by atomic mass is 10.2. The molecule has 0 bridgehead atoms. The summed E-state index contributed by atoms with van der Waals surface area (Å²) in [6.45, 7) is 0.0585. The molecule has 136 valence electrons. The molecule has 1 atom stereocenters. The first-order chi connectivity index (χ1) is 12.5. The second-order valence-electron chi connectivity index (χ2n) is 5.98. The highest BCUT2D eigenvalue weighted by Gasteiger charge is 2.32. The summed E-state index contributed by atoms with van der Waals surface area (Å²) in [5.74, 6) is 1.07. The van der Waals surface area contributed by atoms with Gasteiger partial charge in [-0.2, -0.15) is 5.10 Å². The van der Waals surface area contributed by atoms with Crippen LogP contribution in [0.2, 0.25) is 0 Å². The van der Waals surface area contributed by atoms with Gasteiger partial charge in [0, 0.05) is 6.07 Å². The van der Waals surface area contributed by atoms with Crippen LogP contribution in [0, 0.1) is 5.82 Å². The highest BCUT2D eigenvalue weighted by atomic mass is 32.2. The molecule has 1 aromatic carbocycles. The fourth-order valence-electron chi connectivity index (χ4n) is 2.83. The Hall–Kier alpha value is -2.75. The fourth-order valence-corrected chi connectivity index (χ4v) is 4.52. The van der Waals surface area contributed by atoms with Crippen molar-refractivity contribution in [3.05, 3.63) is 48.2 Å². The van der Waals surface area contributed by atoms with E-state index in [2.05, 4.69) is 15.2 Å². The maximum atomic E-state index is 13.0. The quantitative estimate of drug-likeness (QED) is 0.669. The Morgan fingerprint density at radius 1 is 1.27 bits per heavy atom. The standard InChI is InChI=1S/C16H15FN4O4S/c17-11-1-3-13(4-2-11)24-9-15-18-16(14-5-7-25-20-14)21(19-15)12-6-8-26(22,23)10-12/h1-5,7,12H,6,8-10H2. The molecule has 0 aliphatic carbocycles. The van der Waals surface area contributed by atoms with Gasteiger partial charge in [-0.1, -0.05) is 5.16 Å². The number of ether oxygens (including phenoxy) is 1. The third-order valence-corrected chi connectivity index (χ3v) is 5.83. The summed E-state index contributed by atoms with van der Waals surface area (Å²) in [5.41, 5.74) is 0.467. The summed E-state index contributed by atoms with van der Waals surface area (Å²) < 4.78 is 48.6. The van der Waals surface area contributed by atoms with Gasteiger partial charge < -0.3 is 9.26 Å². The van der Waals surface area contributed by atoms with Crippen molar-refractivity contribution < 1.29 is 22.1 Å². The molecule has 2 aromatic heterocycles. The minimum atomic E-state index is -3.08. The van der Waals surface area contributed by atoms with E-state index in [0.717, 1.165) is 0 Å². The van der Waals surface area contributed by atoms with Gasteiger partial charge in [-0.25, -0.2) is 22.5 Å². The molecular formula is C16H15FN4O4S. The van der Waals surface area contributed by atoms with Crippen molar-refractivity contribution in [2.45, 2.75) is 19.1 Å². The number of aromatic nitrogens is 4. The second kappa shape index (κ2) is 6.52. The number of rotatable bonds is 5. The molecule has 8 nitrogen and oxygen atoms in total. The third-order valence-electron chi connectivity index (χ3n) is 4.08. The van der Waals surface area contributed by atoms with Crippen molar-refractivity contribution in [2.24, 2.45) is 0 Å². The molecule has 0 amide bonds. The Kier molecular flexibility index (Phi) is 4.19. The lowest BCUT2D eigenvalue weighted by Crippen LogP contribution is -2.14. The van der Waals surface area contributed by atoms with Gasteiger partial charge in [0.05, 0.1) is 17.5 Å². The average Bonchev–Trinajstić information content (AvgIpc) is 3.33. The van der Waals surface area contributed by atoms with Crippen LogP contribution < -0.4 is 4.74 Å². The van der Waals surface area contributed by atoms with Crippen LogP contribution in [-0.4, -0.2) is 39.8 Å². The van der Waals surface area contributed by atoms with Crippen molar-refractivity contribution in [3.63, 3.8) is 0 Å². The maximum Gasteiger partial charge on any atom is 0.188 e. The van der Waals surface area contributed by atoms with Gasteiger partial charge in [0.2, 0.25) is 0 Å². The van der Waals surface area contributed by atoms with Crippen LogP contribution in [0.15, 0.2) is 41.1 Å². The highest BCUT2D eigenvalue weighted by Crippen LogP contribution is 2.28. The van der Waals surface area contributed by atoms with Crippen molar-refractivity contribution in [1.82, 2.24) is 19.9 Å². The predicted octanol–water partition coefficient (Wildman–Crippen LogP) is 2.01. The smallest absolute Gasteiger partial charge is 0.188 e. The van der Waals surface area contributed by atoms with Gasteiger partial charge in [0.25, 0.3) is 0 Å². The monoisotopic (exact) mass is 378 g/mol. The lowest BCUT2D eigenvalue weighted by molar-refractivity contribution is 0.293. The molecule has 0 N–H and O–H groups in total. The molecule has 1 aliphatic rings. The van der Waals surface area contributed by atoms with Gasteiger partial charge in [-0.3, -0.25) is 0 Å². The number of hydrogen-bond donors (Lipinski definition) is 0. The summed E-state index contributed by atoms with van der Waals surface area (Å²) in [6.07, 6.45) is 1.88. The van der Waals surface area contributed by atoms with E-state index in [0.29, 0.717) is 29.5 Å². The summed E-state index contributed by atoms with van der Waals surface area (Å²) in [4.78, 5) is 4.41. The van der Waals surface area contributed by atoms with Crippen molar-refractivity contribution >= 4 is 9.84 Å². The summed E-state index contributed by atoms with van der Waals surface area (Å²) >= 11 is 0. The molecule has 3 aromatic rings. The van der Waals surface area contributed by atoms with Gasteiger partial charge in [0.1, 0.15) is 24.4 Å². The highest BCUT2D eigenvalue weighted by molar-refractivity contribution is 7.91. The summed E-state index contributed by atoms with van der Waals surface area (Å²) in [5, 5.41) is 8.27. The summed E-state index contributed by atoms with van der Waals surface area (Å²) in [7, 11) is -3.08. The maximum absolute atomic E-state index is 13.0. The normalized spacial score (nSPS) is 18.9. The van der Waals surface area contributed by atoms with E-state index in [4.69, 9.17) is 9.26 Å². The van der Waals surface area contributed by atoms with Crippen molar-refractivity contribution in [3.8, 4) is 17.3 Å². The molecule has 26 heavy (non-hydrogen) atoms. The molecule has 1 saturated heterocycles. The largest absolute Gasteiger partial charge is 0.486 e. The Bertz CT molecular complexity index is 1000. The first-order valence-electron chi connectivity index (χ1n) is 7.95. The molecule has 0 spiro atoms. The molecule has 0 radical (unpaired) electrons. The van der Waals surface area contributed by atoms with Crippen LogP contribution >= 0.6 is 0 Å². The van der Waals surface area contributed by atoms with E-state index in [1.807, 2.05) is 0 Å². The van der Waals surface area contributed by atoms with Crippen LogP contribution in [0.5, 0.6) is 5.75 Å². The predicted molar refractivity (Wildman–Crippen MR) is 88.6 cm³/mol. The lowest BCUT2D eigenvalue weighted by Gasteiger charge is -2.09. The Morgan fingerprint density at radius 3 is 2.73 bits per heavy atom. The van der Waals surface area contributed by atoms with Crippen LogP contribution in [0.3, 0.4) is 0 Å². The molecule has 1 aliphatic heterocycles. The minimum Gasteiger partial charge on any atom is -0.486 e. The molecule has 1 unspecified atom stereocenters. The molecule has 0 saturated carbocycles. The zero-order valence-electron chi connectivity index (χ0n) is 13.6. The van der Waals surface area contributed by atoms with Crippen LogP contribution in [0.4, 0.5) is 4.39 Å². The molecule has 10 heteroatoms. The van der Waals surface area contributed by atoms with E-state index < -0.39 is 9.84 Å². The SMILES string of the molecule is O=S1(=O)CCC(n2nc(COc3ccc(F)cc3)nc2-c2ccon2)C1. The molecular weight excluding hydrogens is 363 g/mol. The van der Waals surface area contributed by atoms with Crippen LogP contribution in [0.1, 0.15) is 18.3 Å². The average molecular weight is 378 g/mol. The van der Waals surface area contributed by atoms with E-state index in [9.17, 15) is 12.8 Å². The number of sulfone groups is 1. The van der Waals surface area contributed by atoms with Gasteiger partial charge in [-0.05, 0) is 30.7 Å². The van der Waals surface area contributed by atoms with E-state index in [-0.39, 0.29) is 30.0 Å². The van der Waals surface area contributed by atoms with Crippen LogP contribution in [-0.2, 0) is 16.4 Å². The molecule has 1 fully saturated rings. The Morgan fingerprint density at radius 2 is 2.08 bits per heavy atom. The molecule has 3 heterocycles. The zero-order chi connectivity index (χ0) is 18.1. The number of nitrogens with zero attached hydrogens (tertiary/aromatic N) is 4. The number of benzene rings is 1. The van der Waals surface area contributed by atoms with Crippen LogP contribution in [0.25, 0.3) is 11.5 Å². The van der Waals surface area contributed by atoms with Crippen molar-refractivity contribution in [1.29, 1.82) is 0 Å². The number of hydrogen-bond acceptors (Lipinski definition) is 7. The van der Waals surface area contributed by atoms with E-state index >= 15 is 0 Å². The first kappa shape index (κ1) is 16.7. The van der Waals surface area contributed by atoms with E-state index in [1.165, 1.54) is 30.5 Å². The summed E-state index contributed by atoms with van der Waals surface area (Å²) in [6, 6.07) is 6.94. The van der Waals surface area contributed by atoms with Gasteiger partial charge in [-0.15, -0.1) is 0 Å². The fraction of sp³-hybridized carbons (Fsp3) is 0.312. The molecule has 4 rings (SSSR count). The second-order valence-corrected chi connectivity index (χ2v) is 8.21.